The quantitative estimate of drug-likeness (QED) is 0.443. The van der Waals surface area contributed by atoms with Gasteiger partial charge >= 0.3 is 5.97 Å². The number of hydrogen-bond donors (Lipinski definition) is 2. The molecule has 172 valence electrons. The van der Waals surface area contributed by atoms with Gasteiger partial charge in [-0.15, -0.1) is 0 Å². The predicted molar refractivity (Wildman–Crippen MR) is 123 cm³/mol. The summed E-state index contributed by atoms with van der Waals surface area (Å²) in [6, 6.07) is 10.0. The third kappa shape index (κ3) is 5.50. The molecule has 1 aliphatic heterocycles. The zero-order valence-corrected chi connectivity index (χ0v) is 18.9. The maximum atomic E-state index is 12.8. The lowest BCUT2D eigenvalue weighted by molar-refractivity contribution is -0.130. The number of nitrogens with one attached hydrogen (secondary N) is 2. The Labute approximate surface area is 195 Å². The molecule has 2 heterocycles. The molecule has 11 heteroatoms. The SMILES string of the molecule is CCOC(=O)c1ccc(NC(=O)CC2C(=O)N(CC)C(=S)N2NC(=O)c2ccccn2)cc1. The number of rotatable bonds is 8. The van der Waals surface area contributed by atoms with Crippen LogP contribution in [0.1, 0.15) is 41.1 Å². The highest BCUT2D eigenvalue weighted by atomic mass is 32.1. The molecule has 10 nitrogen and oxygen atoms in total. The lowest BCUT2D eigenvalue weighted by atomic mass is 10.1. The minimum atomic E-state index is -1.01. The van der Waals surface area contributed by atoms with E-state index < -0.39 is 29.7 Å². The number of likely N-dealkylation sites (N-methyl/N-ethyl adjacent to an activating group) is 1. The van der Waals surface area contributed by atoms with E-state index in [9.17, 15) is 19.2 Å². The van der Waals surface area contributed by atoms with Gasteiger partial charge < -0.3 is 10.1 Å². The van der Waals surface area contributed by atoms with Crippen molar-refractivity contribution in [1.82, 2.24) is 20.3 Å². The molecule has 0 radical (unpaired) electrons. The lowest BCUT2D eigenvalue weighted by Crippen LogP contribution is -2.49. The standard InChI is InChI=1S/C22H23N5O5S/c1-3-26-20(30)17(27(22(26)33)25-19(29)16-7-5-6-12-23-16)13-18(28)24-15-10-8-14(9-11-15)21(31)32-4-2/h5-12,17H,3-4,13H2,1-2H3,(H,24,28)(H,25,29). The first kappa shape index (κ1) is 23.8. The lowest BCUT2D eigenvalue weighted by Gasteiger charge is -2.24. The number of benzene rings is 1. The predicted octanol–water partition coefficient (Wildman–Crippen LogP) is 1.75. The highest BCUT2D eigenvalue weighted by Crippen LogP contribution is 2.20. The van der Waals surface area contributed by atoms with E-state index in [-0.39, 0.29) is 23.8 Å². The topological polar surface area (TPSA) is 121 Å². The van der Waals surface area contributed by atoms with Crippen molar-refractivity contribution >= 4 is 46.7 Å². The van der Waals surface area contributed by atoms with Crippen molar-refractivity contribution in [3.8, 4) is 0 Å². The second kappa shape index (κ2) is 10.6. The Morgan fingerprint density at radius 2 is 1.85 bits per heavy atom. The van der Waals surface area contributed by atoms with Crippen molar-refractivity contribution in [3.05, 3.63) is 59.9 Å². The second-order valence-corrected chi connectivity index (χ2v) is 7.32. The maximum Gasteiger partial charge on any atom is 0.338 e. The summed E-state index contributed by atoms with van der Waals surface area (Å²) in [5, 5.41) is 4.01. The van der Waals surface area contributed by atoms with Gasteiger partial charge in [0.05, 0.1) is 18.6 Å². The van der Waals surface area contributed by atoms with Crippen LogP contribution in [0.2, 0.25) is 0 Å². The number of hydrazine groups is 1. The molecule has 33 heavy (non-hydrogen) atoms. The first-order chi connectivity index (χ1) is 15.8. The maximum absolute atomic E-state index is 12.8. The van der Waals surface area contributed by atoms with Crippen LogP contribution in [-0.2, 0) is 14.3 Å². The van der Waals surface area contributed by atoms with E-state index in [4.69, 9.17) is 17.0 Å². The van der Waals surface area contributed by atoms with Gasteiger partial charge in [-0.25, -0.2) is 9.80 Å². The summed E-state index contributed by atoms with van der Waals surface area (Å²) in [7, 11) is 0. The van der Waals surface area contributed by atoms with E-state index in [0.717, 1.165) is 0 Å². The van der Waals surface area contributed by atoms with Crippen LogP contribution in [0, 0.1) is 0 Å². The monoisotopic (exact) mass is 469 g/mol. The molecule has 0 aliphatic carbocycles. The van der Waals surface area contributed by atoms with Crippen LogP contribution in [0.15, 0.2) is 48.7 Å². The van der Waals surface area contributed by atoms with Crippen molar-refractivity contribution in [2.75, 3.05) is 18.5 Å². The van der Waals surface area contributed by atoms with Gasteiger partial charge in [-0.2, -0.15) is 0 Å². The van der Waals surface area contributed by atoms with Crippen LogP contribution in [-0.4, -0.2) is 62.9 Å². The number of anilines is 1. The number of esters is 1. The summed E-state index contributed by atoms with van der Waals surface area (Å²) < 4.78 is 4.93. The number of carbonyl (C=O) groups excluding carboxylic acids is 4. The number of thiocarbonyl (C=S) groups is 1. The minimum absolute atomic E-state index is 0.100. The van der Waals surface area contributed by atoms with Crippen LogP contribution in [0.5, 0.6) is 0 Å². The highest BCUT2D eigenvalue weighted by Gasteiger charge is 2.44. The van der Waals surface area contributed by atoms with Crippen LogP contribution < -0.4 is 10.7 Å². The Morgan fingerprint density at radius 1 is 1.12 bits per heavy atom. The van der Waals surface area contributed by atoms with Gasteiger partial charge in [0, 0.05) is 18.4 Å². The number of nitrogens with zero attached hydrogens (tertiary/aromatic N) is 3. The van der Waals surface area contributed by atoms with E-state index in [2.05, 4.69) is 15.7 Å². The van der Waals surface area contributed by atoms with E-state index in [1.165, 1.54) is 34.3 Å². The molecule has 0 spiro atoms. The van der Waals surface area contributed by atoms with Gasteiger partial charge in [0.1, 0.15) is 11.7 Å². The summed E-state index contributed by atoms with van der Waals surface area (Å²) in [6.07, 6.45) is 1.22. The van der Waals surface area contributed by atoms with Crippen molar-refractivity contribution in [1.29, 1.82) is 0 Å². The van der Waals surface area contributed by atoms with Crippen molar-refractivity contribution < 1.29 is 23.9 Å². The van der Waals surface area contributed by atoms with E-state index in [1.54, 1.807) is 38.1 Å². The molecule has 1 atom stereocenters. The largest absolute Gasteiger partial charge is 0.462 e. The number of ether oxygens (including phenoxy) is 1. The molecule has 3 rings (SSSR count). The smallest absolute Gasteiger partial charge is 0.338 e. The number of amides is 3. The van der Waals surface area contributed by atoms with Crippen molar-refractivity contribution in [3.63, 3.8) is 0 Å². The molecule has 1 aromatic carbocycles. The summed E-state index contributed by atoms with van der Waals surface area (Å²) in [4.78, 5) is 55.1. The summed E-state index contributed by atoms with van der Waals surface area (Å²) >= 11 is 5.35. The molecule has 3 amide bonds. The fraction of sp³-hybridized carbons (Fsp3) is 0.273. The second-order valence-electron chi connectivity index (χ2n) is 6.96. The minimum Gasteiger partial charge on any atom is -0.462 e. The number of aromatic nitrogens is 1. The first-order valence-corrected chi connectivity index (χ1v) is 10.7. The van der Waals surface area contributed by atoms with Crippen molar-refractivity contribution in [2.24, 2.45) is 0 Å². The van der Waals surface area contributed by atoms with Gasteiger partial charge in [0.15, 0.2) is 5.11 Å². The average molecular weight is 470 g/mol. The first-order valence-electron chi connectivity index (χ1n) is 10.3. The third-order valence-electron chi connectivity index (χ3n) is 4.79. The fourth-order valence-corrected chi connectivity index (χ4v) is 3.59. The molecule has 1 saturated heterocycles. The van der Waals surface area contributed by atoms with Gasteiger partial charge in [-0.1, -0.05) is 6.07 Å². The normalized spacial score (nSPS) is 15.4. The van der Waals surface area contributed by atoms with E-state index >= 15 is 0 Å². The third-order valence-corrected chi connectivity index (χ3v) is 5.21. The zero-order valence-electron chi connectivity index (χ0n) is 18.1. The number of hydrogen-bond acceptors (Lipinski definition) is 7. The Hall–Kier alpha value is -3.86. The molecule has 2 aromatic rings. The average Bonchev–Trinajstić information content (AvgIpc) is 3.03. The molecule has 1 fully saturated rings. The highest BCUT2D eigenvalue weighted by molar-refractivity contribution is 7.80. The van der Waals surface area contributed by atoms with Crippen LogP contribution >= 0.6 is 12.2 Å². The Balaban J connectivity index is 1.70. The summed E-state index contributed by atoms with van der Waals surface area (Å²) in [5.41, 5.74) is 3.53. The molecule has 0 bridgehead atoms. The molecule has 1 unspecified atom stereocenters. The van der Waals surface area contributed by atoms with Gasteiger partial charge in [0.25, 0.3) is 11.8 Å². The van der Waals surface area contributed by atoms with E-state index in [1.807, 2.05) is 0 Å². The molecular weight excluding hydrogens is 446 g/mol. The molecule has 0 saturated carbocycles. The fourth-order valence-electron chi connectivity index (χ4n) is 3.20. The van der Waals surface area contributed by atoms with Gasteiger partial charge in [-0.3, -0.25) is 29.7 Å². The molecule has 1 aromatic heterocycles. The van der Waals surface area contributed by atoms with Gasteiger partial charge in [-0.05, 0) is 62.5 Å². The molecule has 1 aliphatic rings. The molecule has 2 N–H and O–H groups in total. The Kier molecular flexibility index (Phi) is 7.67. The summed E-state index contributed by atoms with van der Waals surface area (Å²) in [6.45, 7) is 4.01. The Morgan fingerprint density at radius 3 is 2.45 bits per heavy atom. The Bertz CT molecular complexity index is 1060. The molecular formula is C22H23N5O5S. The number of carbonyl (C=O) groups is 4. The number of pyridine rings is 1. The van der Waals surface area contributed by atoms with Crippen LogP contribution in [0.4, 0.5) is 5.69 Å². The van der Waals surface area contributed by atoms with Crippen LogP contribution in [0.25, 0.3) is 0 Å². The van der Waals surface area contributed by atoms with E-state index in [0.29, 0.717) is 17.8 Å². The zero-order chi connectivity index (χ0) is 24.0. The van der Waals surface area contributed by atoms with Crippen molar-refractivity contribution in [2.45, 2.75) is 26.3 Å². The van der Waals surface area contributed by atoms with Gasteiger partial charge in [0.2, 0.25) is 5.91 Å². The van der Waals surface area contributed by atoms with Crippen LogP contribution in [0.3, 0.4) is 0 Å². The summed E-state index contributed by atoms with van der Waals surface area (Å²) in [5.74, 6) is -1.87.